The minimum Gasteiger partial charge on any atom is -0.467 e. The molecule has 0 aliphatic heterocycles. The van der Waals surface area contributed by atoms with Gasteiger partial charge < -0.3 is 14.5 Å². The van der Waals surface area contributed by atoms with Gasteiger partial charge in [-0.3, -0.25) is 0 Å². The Bertz CT molecular complexity index is 283. The summed E-state index contributed by atoms with van der Waals surface area (Å²) in [6.45, 7) is 9.19. The van der Waals surface area contributed by atoms with Crippen molar-refractivity contribution in [2.45, 2.75) is 52.7 Å². The van der Waals surface area contributed by atoms with Gasteiger partial charge in [-0.25, -0.2) is 0 Å². The molecule has 1 atom stereocenters. The number of ether oxygens (including phenoxy) is 1. The summed E-state index contributed by atoms with van der Waals surface area (Å²) in [5, 5.41) is 3.53. The maximum absolute atomic E-state index is 5.52. The summed E-state index contributed by atoms with van der Waals surface area (Å²) in [5.74, 6) is 1.69. The molecule has 1 aromatic rings. The molecule has 1 unspecified atom stereocenters. The lowest BCUT2D eigenvalue weighted by Gasteiger charge is -2.14. The molecular weight excluding hydrogens is 226 g/mol. The molecule has 1 heterocycles. The molecule has 0 saturated carbocycles. The zero-order chi connectivity index (χ0) is 13.2. The van der Waals surface area contributed by atoms with Gasteiger partial charge in [0.15, 0.2) is 0 Å². The Morgan fingerprint density at radius 3 is 2.78 bits per heavy atom. The van der Waals surface area contributed by atoms with Crippen molar-refractivity contribution >= 4 is 0 Å². The molecule has 0 amide bonds. The third kappa shape index (κ3) is 7.51. The Morgan fingerprint density at radius 2 is 2.11 bits per heavy atom. The van der Waals surface area contributed by atoms with Crippen LogP contribution in [0.3, 0.4) is 0 Å². The van der Waals surface area contributed by atoms with E-state index >= 15 is 0 Å². The summed E-state index contributed by atoms with van der Waals surface area (Å²) in [6.07, 6.45) is 5.28. The molecule has 3 heteroatoms. The lowest BCUT2D eigenvalue weighted by molar-refractivity contribution is 0.103. The van der Waals surface area contributed by atoms with E-state index in [2.05, 4.69) is 26.1 Å². The average molecular weight is 253 g/mol. The van der Waals surface area contributed by atoms with Gasteiger partial charge in [0.25, 0.3) is 0 Å². The van der Waals surface area contributed by atoms with Crippen molar-refractivity contribution in [3.8, 4) is 0 Å². The molecule has 104 valence electrons. The molecule has 3 nitrogen and oxygen atoms in total. The Balaban J connectivity index is 1.89. The van der Waals surface area contributed by atoms with Gasteiger partial charge >= 0.3 is 0 Å². The van der Waals surface area contributed by atoms with E-state index in [9.17, 15) is 0 Å². The normalized spacial score (nSPS) is 13.1. The van der Waals surface area contributed by atoms with Gasteiger partial charge in [-0.05, 0) is 50.8 Å². The largest absolute Gasteiger partial charge is 0.467 e. The Morgan fingerprint density at radius 1 is 1.28 bits per heavy atom. The van der Waals surface area contributed by atoms with Crippen LogP contribution < -0.4 is 5.32 Å². The van der Waals surface area contributed by atoms with Crippen LogP contribution in [0.1, 0.15) is 45.8 Å². The Hall–Kier alpha value is -0.800. The fourth-order valence-electron chi connectivity index (χ4n) is 1.78. The average Bonchev–Trinajstić information content (AvgIpc) is 2.84. The van der Waals surface area contributed by atoms with E-state index in [1.807, 2.05) is 12.1 Å². The van der Waals surface area contributed by atoms with Crippen molar-refractivity contribution in [2.75, 3.05) is 13.2 Å². The van der Waals surface area contributed by atoms with Crippen LogP contribution in [0.5, 0.6) is 0 Å². The topological polar surface area (TPSA) is 34.4 Å². The SMILES string of the molecule is CC(C)CCC(C)NCCCOCc1ccco1. The van der Waals surface area contributed by atoms with Gasteiger partial charge in [-0.2, -0.15) is 0 Å². The number of nitrogens with one attached hydrogen (secondary N) is 1. The van der Waals surface area contributed by atoms with Crippen LogP contribution in [0, 0.1) is 5.92 Å². The maximum atomic E-state index is 5.52. The molecule has 0 saturated heterocycles. The third-order valence-corrected chi connectivity index (χ3v) is 2.96. The smallest absolute Gasteiger partial charge is 0.129 e. The van der Waals surface area contributed by atoms with Gasteiger partial charge in [0, 0.05) is 12.6 Å². The predicted molar refractivity (Wildman–Crippen MR) is 74.5 cm³/mol. The van der Waals surface area contributed by atoms with Crippen LogP contribution in [0.2, 0.25) is 0 Å². The molecule has 0 bridgehead atoms. The summed E-state index contributed by atoms with van der Waals surface area (Å²) >= 11 is 0. The minimum atomic E-state index is 0.579. The Labute approximate surface area is 111 Å². The first-order valence-electron chi connectivity index (χ1n) is 7.02. The van der Waals surface area contributed by atoms with Crippen molar-refractivity contribution in [3.05, 3.63) is 24.2 Å². The van der Waals surface area contributed by atoms with E-state index in [0.29, 0.717) is 12.6 Å². The fourth-order valence-corrected chi connectivity index (χ4v) is 1.78. The number of rotatable bonds is 10. The monoisotopic (exact) mass is 253 g/mol. The van der Waals surface area contributed by atoms with Gasteiger partial charge in [0.1, 0.15) is 12.4 Å². The van der Waals surface area contributed by atoms with Crippen molar-refractivity contribution in [2.24, 2.45) is 5.92 Å². The molecular formula is C15H27NO2. The van der Waals surface area contributed by atoms with E-state index in [4.69, 9.17) is 9.15 Å². The van der Waals surface area contributed by atoms with Crippen LogP contribution in [0.15, 0.2) is 22.8 Å². The van der Waals surface area contributed by atoms with Gasteiger partial charge in [-0.15, -0.1) is 0 Å². The molecule has 1 rings (SSSR count). The summed E-state index contributed by atoms with van der Waals surface area (Å²) in [4.78, 5) is 0. The zero-order valence-electron chi connectivity index (χ0n) is 11.9. The zero-order valence-corrected chi connectivity index (χ0v) is 11.9. The summed E-state index contributed by atoms with van der Waals surface area (Å²) in [7, 11) is 0. The maximum Gasteiger partial charge on any atom is 0.129 e. The second kappa shape index (κ2) is 9.17. The van der Waals surface area contributed by atoms with E-state index < -0.39 is 0 Å². The molecule has 0 fully saturated rings. The number of furan rings is 1. The van der Waals surface area contributed by atoms with E-state index in [0.717, 1.165) is 31.3 Å². The summed E-state index contributed by atoms with van der Waals surface area (Å²) in [5.41, 5.74) is 0. The van der Waals surface area contributed by atoms with E-state index in [-0.39, 0.29) is 0 Å². The van der Waals surface area contributed by atoms with Crippen molar-refractivity contribution in [1.29, 1.82) is 0 Å². The molecule has 0 aliphatic carbocycles. The van der Waals surface area contributed by atoms with Crippen LogP contribution in [0.25, 0.3) is 0 Å². The quantitative estimate of drug-likeness (QED) is 0.647. The van der Waals surface area contributed by atoms with Gasteiger partial charge in [0.05, 0.1) is 6.26 Å². The molecule has 18 heavy (non-hydrogen) atoms. The molecule has 1 N–H and O–H groups in total. The third-order valence-electron chi connectivity index (χ3n) is 2.96. The first-order valence-corrected chi connectivity index (χ1v) is 7.02. The highest BCUT2D eigenvalue weighted by molar-refractivity contribution is 4.95. The summed E-state index contributed by atoms with van der Waals surface area (Å²) in [6, 6.07) is 4.43. The van der Waals surface area contributed by atoms with Crippen LogP contribution >= 0.6 is 0 Å². The molecule has 0 aromatic carbocycles. The Kier molecular flexibility index (Phi) is 7.78. The second-order valence-electron chi connectivity index (χ2n) is 5.31. The lowest BCUT2D eigenvalue weighted by Crippen LogP contribution is -2.27. The summed E-state index contributed by atoms with van der Waals surface area (Å²) < 4.78 is 10.7. The highest BCUT2D eigenvalue weighted by Crippen LogP contribution is 2.06. The standard InChI is InChI=1S/C15H27NO2/c1-13(2)7-8-14(3)16-9-5-10-17-12-15-6-4-11-18-15/h4,6,11,13-14,16H,5,7-10,12H2,1-3H3. The van der Waals surface area contributed by atoms with E-state index in [1.54, 1.807) is 6.26 Å². The predicted octanol–water partition coefficient (Wildman–Crippen LogP) is 3.60. The van der Waals surface area contributed by atoms with Crippen LogP contribution in [-0.4, -0.2) is 19.2 Å². The van der Waals surface area contributed by atoms with E-state index in [1.165, 1.54) is 12.8 Å². The fraction of sp³-hybridized carbons (Fsp3) is 0.733. The number of hydrogen-bond donors (Lipinski definition) is 1. The highest BCUT2D eigenvalue weighted by atomic mass is 16.5. The second-order valence-corrected chi connectivity index (χ2v) is 5.31. The lowest BCUT2D eigenvalue weighted by atomic mass is 10.0. The minimum absolute atomic E-state index is 0.579. The van der Waals surface area contributed by atoms with Crippen molar-refractivity contribution < 1.29 is 9.15 Å². The van der Waals surface area contributed by atoms with Gasteiger partial charge in [0.2, 0.25) is 0 Å². The highest BCUT2D eigenvalue weighted by Gasteiger charge is 2.02. The molecule has 0 aliphatic rings. The molecule has 0 radical (unpaired) electrons. The van der Waals surface area contributed by atoms with Crippen molar-refractivity contribution in [3.63, 3.8) is 0 Å². The number of hydrogen-bond acceptors (Lipinski definition) is 3. The van der Waals surface area contributed by atoms with Crippen molar-refractivity contribution in [1.82, 2.24) is 5.32 Å². The van der Waals surface area contributed by atoms with Crippen LogP contribution in [-0.2, 0) is 11.3 Å². The van der Waals surface area contributed by atoms with Crippen LogP contribution in [0.4, 0.5) is 0 Å². The first-order chi connectivity index (χ1) is 8.68. The molecule has 0 spiro atoms. The van der Waals surface area contributed by atoms with Gasteiger partial charge in [-0.1, -0.05) is 13.8 Å². The first kappa shape index (κ1) is 15.3. The molecule has 1 aromatic heterocycles.